The minimum absolute atomic E-state index is 0. The van der Waals surface area contributed by atoms with E-state index in [2.05, 4.69) is 0 Å². The Bertz CT molecular complexity index is 440. The molecule has 0 saturated carbocycles. The van der Waals surface area contributed by atoms with Gasteiger partial charge >= 0.3 is 51.4 Å². The first-order valence-corrected chi connectivity index (χ1v) is 7.07. The zero-order valence-electron chi connectivity index (χ0n) is 11.4. The quantitative estimate of drug-likeness (QED) is 0.284. The van der Waals surface area contributed by atoms with Gasteiger partial charge in [-0.2, -0.15) is 0 Å². The molecule has 7 unspecified atom stereocenters. The molecule has 134 valence electrons. The van der Waals surface area contributed by atoms with Crippen molar-refractivity contribution in [2.24, 2.45) is 0 Å². The van der Waals surface area contributed by atoms with Crippen LogP contribution in [0.15, 0.2) is 0 Å². The van der Waals surface area contributed by atoms with Crippen LogP contribution in [0.4, 0.5) is 39.5 Å². The van der Waals surface area contributed by atoms with Crippen LogP contribution in [0.5, 0.6) is 0 Å². The Morgan fingerprint density at radius 3 is 1.26 bits per heavy atom. The third kappa shape index (κ3) is 8.72. The van der Waals surface area contributed by atoms with Crippen LogP contribution in [0, 0.1) is 0 Å². The summed E-state index contributed by atoms with van der Waals surface area (Å²) in [7, 11) is -5.37. The molecule has 0 aromatic carbocycles. The summed E-state index contributed by atoms with van der Waals surface area (Å²) in [6.07, 6.45) is -30.5. The Morgan fingerprint density at radius 2 is 0.957 bits per heavy atom. The maximum absolute atomic E-state index is 13.1. The molecule has 0 amide bonds. The molecule has 0 aromatic rings. The van der Waals surface area contributed by atoms with Gasteiger partial charge in [-0.3, -0.25) is 0 Å². The molecule has 0 heterocycles. The first kappa shape index (κ1) is 26.1. The summed E-state index contributed by atoms with van der Waals surface area (Å²) in [5.41, 5.74) is 0. The monoisotopic (exact) mass is 408 g/mol. The van der Waals surface area contributed by atoms with Crippen LogP contribution in [0.1, 0.15) is 0 Å². The van der Waals surface area contributed by atoms with Gasteiger partial charge in [-0.05, 0) is 0 Å². The first-order valence-electron chi connectivity index (χ1n) is 5.49. The van der Waals surface area contributed by atoms with Crippen molar-refractivity contribution in [3.63, 3.8) is 0 Å². The largest absolute Gasteiger partial charge is 1.00 e. The third-order valence-corrected chi connectivity index (χ3v) is 3.20. The second-order valence-corrected chi connectivity index (χ2v) is 5.69. The summed E-state index contributed by atoms with van der Waals surface area (Å²) in [6, 6.07) is 0. The van der Waals surface area contributed by atoms with Gasteiger partial charge in [0.05, 0.1) is 15.9 Å². The van der Waals surface area contributed by atoms with Crippen molar-refractivity contribution in [3.8, 4) is 0 Å². The normalized spacial score (nSPS) is 21.7. The van der Waals surface area contributed by atoms with Crippen molar-refractivity contribution in [2.75, 3.05) is 5.75 Å². The number of rotatable bonds is 9. The number of alkyl halides is 9. The molecule has 23 heavy (non-hydrogen) atoms. The van der Waals surface area contributed by atoms with Gasteiger partial charge in [0.15, 0.2) is 37.0 Å². The summed E-state index contributed by atoms with van der Waals surface area (Å²) in [4.78, 5) is 0. The SMILES string of the molecule is O=S(=O)([O-])CC(F)C(F)C(F)C(F)C(F)C(F)C(F)C(F)F.[K+]. The molecule has 0 aromatic heterocycles. The number of hydrogen-bond acceptors (Lipinski definition) is 3. The molecule has 0 radical (unpaired) electrons. The first-order chi connectivity index (χ1) is 9.79. The predicted octanol–water partition coefficient (Wildman–Crippen LogP) is -0.833. The van der Waals surface area contributed by atoms with E-state index < -0.39 is 65.5 Å². The Hall–Kier alpha value is 0.916. The molecule has 3 nitrogen and oxygen atoms in total. The molecular formula is C9H10F9KO3S. The molecule has 0 rings (SSSR count). The van der Waals surface area contributed by atoms with E-state index >= 15 is 0 Å². The van der Waals surface area contributed by atoms with Crippen molar-refractivity contribution < 1.29 is 104 Å². The van der Waals surface area contributed by atoms with Crippen LogP contribution in [0.3, 0.4) is 0 Å². The van der Waals surface area contributed by atoms with Gasteiger partial charge in [0.2, 0.25) is 0 Å². The van der Waals surface area contributed by atoms with Gasteiger partial charge in [0.25, 0.3) is 6.43 Å². The van der Waals surface area contributed by atoms with Crippen molar-refractivity contribution in [1.29, 1.82) is 0 Å². The fourth-order valence-electron chi connectivity index (χ4n) is 1.33. The fourth-order valence-corrected chi connectivity index (χ4v) is 1.90. The average Bonchev–Trinajstić information content (AvgIpc) is 2.40. The van der Waals surface area contributed by atoms with Gasteiger partial charge in [-0.15, -0.1) is 0 Å². The van der Waals surface area contributed by atoms with Crippen molar-refractivity contribution in [2.45, 2.75) is 49.6 Å². The Morgan fingerprint density at radius 1 is 0.652 bits per heavy atom. The molecule has 0 saturated heterocycles. The maximum Gasteiger partial charge on any atom is 1.00 e. The van der Waals surface area contributed by atoms with E-state index in [-0.39, 0.29) is 51.4 Å². The van der Waals surface area contributed by atoms with Crippen LogP contribution in [-0.4, -0.2) is 68.4 Å². The molecule has 7 atom stereocenters. The maximum atomic E-state index is 13.1. The van der Waals surface area contributed by atoms with E-state index in [0.717, 1.165) is 0 Å². The average molecular weight is 408 g/mol. The summed E-state index contributed by atoms with van der Waals surface area (Å²) in [5, 5.41) is 0. The molecule has 0 fully saturated rings. The number of halogens is 9. The van der Waals surface area contributed by atoms with Gasteiger partial charge in [-0.25, -0.2) is 47.9 Å². The third-order valence-electron chi connectivity index (χ3n) is 2.47. The van der Waals surface area contributed by atoms with Crippen LogP contribution < -0.4 is 51.4 Å². The van der Waals surface area contributed by atoms with Crippen LogP contribution in [0.25, 0.3) is 0 Å². The van der Waals surface area contributed by atoms with E-state index in [1.54, 1.807) is 0 Å². The Kier molecular flexibility index (Phi) is 12.3. The fraction of sp³-hybridized carbons (Fsp3) is 1.00. The van der Waals surface area contributed by atoms with Gasteiger partial charge in [0.1, 0.15) is 6.17 Å². The second kappa shape index (κ2) is 10.8. The van der Waals surface area contributed by atoms with E-state index in [4.69, 9.17) is 0 Å². The molecule has 0 aliphatic heterocycles. The zero-order chi connectivity index (χ0) is 17.8. The number of hydrogen-bond donors (Lipinski definition) is 0. The van der Waals surface area contributed by atoms with Gasteiger partial charge < -0.3 is 4.55 Å². The summed E-state index contributed by atoms with van der Waals surface area (Å²) < 4.78 is 144. The van der Waals surface area contributed by atoms with Crippen LogP contribution >= 0.6 is 0 Å². The predicted molar refractivity (Wildman–Crippen MR) is 54.8 cm³/mol. The molecular weight excluding hydrogens is 398 g/mol. The Balaban J connectivity index is 0. The van der Waals surface area contributed by atoms with Crippen LogP contribution in [0.2, 0.25) is 0 Å². The van der Waals surface area contributed by atoms with E-state index in [9.17, 15) is 52.5 Å². The van der Waals surface area contributed by atoms with Crippen LogP contribution in [-0.2, 0) is 10.1 Å². The van der Waals surface area contributed by atoms with Gasteiger partial charge in [-0.1, -0.05) is 0 Å². The zero-order valence-corrected chi connectivity index (χ0v) is 15.3. The topological polar surface area (TPSA) is 57.2 Å². The summed E-state index contributed by atoms with van der Waals surface area (Å²) in [6.45, 7) is 0. The van der Waals surface area contributed by atoms with Gasteiger partial charge in [0, 0.05) is 0 Å². The molecule has 0 spiro atoms. The molecule has 0 aliphatic rings. The second-order valence-electron chi connectivity index (χ2n) is 4.24. The standard InChI is InChI=1S/C9H11F9O3S.K/c10-2(1-22(19,20)21)3(11)4(12)5(13)6(14)7(15)8(16)9(17)18;/h2-9H,1H2,(H,19,20,21);/q;+1/p-1. The molecule has 14 heteroatoms. The summed E-state index contributed by atoms with van der Waals surface area (Å²) >= 11 is 0. The smallest absolute Gasteiger partial charge is 0.748 e. The molecule has 0 aliphatic carbocycles. The van der Waals surface area contributed by atoms with Crippen molar-refractivity contribution in [1.82, 2.24) is 0 Å². The van der Waals surface area contributed by atoms with E-state index in [0.29, 0.717) is 0 Å². The van der Waals surface area contributed by atoms with Crippen molar-refractivity contribution >= 4 is 10.1 Å². The van der Waals surface area contributed by atoms with Crippen molar-refractivity contribution in [3.05, 3.63) is 0 Å². The minimum atomic E-state index is -5.37. The van der Waals surface area contributed by atoms with E-state index in [1.807, 2.05) is 0 Å². The summed E-state index contributed by atoms with van der Waals surface area (Å²) in [5.74, 6) is -2.11. The Labute approximate surface area is 168 Å². The minimum Gasteiger partial charge on any atom is -0.748 e. The molecule has 0 bridgehead atoms. The molecule has 0 N–H and O–H groups in total. The van der Waals surface area contributed by atoms with E-state index in [1.165, 1.54) is 0 Å².